The van der Waals surface area contributed by atoms with Gasteiger partial charge in [0, 0.05) is 11.9 Å². The van der Waals surface area contributed by atoms with Crippen molar-refractivity contribution in [1.29, 1.82) is 0 Å². The zero-order chi connectivity index (χ0) is 10.7. The van der Waals surface area contributed by atoms with Crippen LogP contribution in [0.15, 0.2) is 30.6 Å². The Morgan fingerprint density at radius 3 is 2.87 bits per heavy atom. The van der Waals surface area contributed by atoms with Crippen molar-refractivity contribution in [1.82, 2.24) is 15.0 Å². The Bertz CT molecular complexity index is 441. The van der Waals surface area contributed by atoms with Gasteiger partial charge < -0.3 is 4.74 Å². The van der Waals surface area contributed by atoms with E-state index in [1.54, 1.807) is 30.6 Å². The van der Waals surface area contributed by atoms with Gasteiger partial charge in [-0.15, -0.1) is 0 Å². The molecule has 4 nitrogen and oxygen atoms in total. The number of aryl methyl sites for hydroxylation is 1. The summed E-state index contributed by atoms with van der Waals surface area (Å²) in [4.78, 5) is 11.9. The Labute approximate surface area is 91.9 Å². The number of pyridine rings is 1. The third kappa shape index (κ3) is 2.63. The van der Waals surface area contributed by atoms with E-state index in [1.165, 1.54) is 0 Å². The SMILES string of the molecule is Cc1cc(Cl)nc(Oc2cccnc2)n1. The lowest BCUT2D eigenvalue weighted by Crippen LogP contribution is -1.94. The Hall–Kier alpha value is -1.68. The van der Waals surface area contributed by atoms with Gasteiger partial charge in [-0.25, -0.2) is 4.98 Å². The molecule has 0 amide bonds. The van der Waals surface area contributed by atoms with Crippen molar-refractivity contribution in [3.05, 3.63) is 41.4 Å². The van der Waals surface area contributed by atoms with Gasteiger partial charge in [0.25, 0.3) is 0 Å². The molecule has 0 radical (unpaired) electrons. The zero-order valence-electron chi connectivity index (χ0n) is 8.01. The van der Waals surface area contributed by atoms with Crippen LogP contribution in [0.3, 0.4) is 0 Å². The molecule has 2 aromatic rings. The predicted octanol–water partition coefficient (Wildman–Crippen LogP) is 2.63. The van der Waals surface area contributed by atoms with Gasteiger partial charge in [-0.1, -0.05) is 11.6 Å². The van der Waals surface area contributed by atoms with Gasteiger partial charge in [0.15, 0.2) is 0 Å². The van der Waals surface area contributed by atoms with Gasteiger partial charge in [-0.2, -0.15) is 4.98 Å². The summed E-state index contributed by atoms with van der Waals surface area (Å²) in [5, 5.41) is 0.362. The molecule has 0 aromatic carbocycles. The maximum Gasteiger partial charge on any atom is 0.323 e. The van der Waals surface area contributed by atoms with Crippen LogP contribution in [0.1, 0.15) is 5.69 Å². The third-order valence-corrected chi connectivity index (χ3v) is 1.84. The lowest BCUT2D eigenvalue weighted by atomic mass is 10.4. The molecule has 0 fully saturated rings. The van der Waals surface area contributed by atoms with E-state index in [-0.39, 0.29) is 6.01 Å². The summed E-state index contributed by atoms with van der Waals surface area (Å²) in [6.07, 6.45) is 3.25. The molecule has 15 heavy (non-hydrogen) atoms. The fourth-order valence-electron chi connectivity index (χ4n) is 1.06. The summed E-state index contributed by atoms with van der Waals surface area (Å²) in [7, 11) is 0. The molecule has 5 heteroatoms. The van der Waals surface area contributed by atoms with Crippen molar-refractivity contribution in [3.8, 4) is 11.8 Å². The highest BCUT2D eigenvalue weighted by Gasteiger charge is 2.02. The highest BCUT2D eigenvalue weighted by Crippen LogP contribution is 2.18. The number of nitrogens with zero attached hydrogens (tertiary/aromatic N) is 3. The normalized spacial score (nSPS) is 10.0. The van der Waals surface area contributed by atoms with Crippen molar-refractivity contribution in [2.75, 3.05) is 0 Å². The Kier molecular flexibility index (Phi) is 2.78. The molecular weight excluding hydrogens is 214 g/mol. The Morgan fingerprint density at radius 2 is 2.20 bits per heavy atom. The van der Waals surface area contributed by atoms with E-state index in [0.29, 0.717) is 10.9 Å². The fraction of sp³-hybridized carbons (Fsp3) is 0.100. The van der Waals surface area contributed by atoms with Crippen molar-refractivity contribution in [2.45, 2.75) is 6.92 Å². The molecule has 76 valence electrons. The van der Waals surface area contributed by atoms with Crippen LogP contribution in [-0.4, -0.2) is 15.0 Å². The van der Waals surface area contributed by atoms with Crippen molar-refractivity contribution < 1.29 is 4.74 Å². The van der Waals surface area contributed by atoms with Crippen LogP contribution < -0.4 is 4.74 Å². The molecule has 0 unspecified atom stereocenters. The molecule has 2 heterocycles. The van der Waals surface area contributed by atoms with Crippen molar-refractivity contribution >= 4 is 11.6 Å². The standard InChI is InChI=1S/C10H8ClN3O/c1-7-5-9(11)14-10(13-7)15-8-3-2-4-12-6-8/h2-6H,1H3. The van der Waals surface area contributed by atoms with Gasteiger partial charge in [-0.05, 0) is 25.1 Å². The molecule has 0 saturated heterocycles. The van der Waals surface area contributed by atoms with Crippen LogP contribution >= 0.6 is 11.6 Å². The summed E-state index contributed by atoms with van der Waals surface area (Å²) in [5.41, 5.74) is 0.758. The number of halogens is 1. The maximum absolute atomic E-state index is 5.77. The topological polar surface area (TPSA) is 47.9 Å². The van der Waals surface area contributed by atoms with Crippen LogP contribution in [0.25, 0.3) is 0 Å². The first-order valence-corrected chi connectivity index (χ1v) is 4.71. The zero-order valence-corrected chi connectivity index (χ0v) is 8.77. The molecule has 2 rings (SSSR count). The van der Waals surface area contributed by atoms with Gasteiger partial charge in [0.2, 0.25) is 0 Å². The van der Waals surface area contributed by atoms with E-state index < -0.39 is 0 Å². The first-order chi connectivity index (χ1) is 7.24. The molecule has 0 atom stereocenters. The van der Waals surface area contributed by atoms with Crippen LogP contribution in [-0.2, 0) is 0 Å². The molecule has 2 aromatic heterocycles. The number of rotatable bonds is 2. The molecule has 0 N–H and O–H groups in total. The molecule has 0 bridgehead atoms. The van der Waals surface area contributed by atoms with Crippen LogP contribution in [0, 0.1) is 6.92 Å². The molecule has 0 spiro atoms. The molecule has 0 aliphatic heterocycles. The minimum atomic E-state index is 0.230. The predicted molar refractivity (Wildman–Crippen MR) is 56.1 cm³/mol. The van der Waals surface area contributed by atoms with Gasteiger partial charge >= 0.3 is 6.01 Å². The summed E-state index contributed by atoms with van der Waals surface area (Å²) < 4.78 is 5.37. The van der Waals surface area contributed by atoms with E-state index in [1.807, 2.05) is 6.92 Å². The smallest absolute Gasteiger partial charge is 0.323 e. The maximum atomic E-state index is 5.77. The van der Waals surface area contributed by atoms with Crippen molar-refractivity contribution in [2.24, 2.45) is 0 Å². The summed E-state index contributed by atoms with van der Waals surface area (Å²) in [6.45, 7) is 1.82. The molecular formula is C10H8ClN3O. The first kappa shape index (κ1) is 9.86. The fourth-order valence-corrected chi connectivity index (χ4v) is 1.29. The van der Waals surface area contributed by atoms with Crippen LogP contribution in [0.4, 0.5) is 0 Å². The molecule has 0 aliphatic carbocycles. The number of aromatic nitrogens is 3. The summed E-state index contributed by atoms with van der Waals surface area (Å²) >= 11 is 5.77. The van der Waals surface area contributed by atoms with Gasteiger partial charge in [0.05, 0.1) is 6.20 Å². The highest BCUT2D eigenvalue weighted by atomic mass is 35.5. The van der Waals surface area contributed by atoms with Crippen molar-refractivity contribution in [3.63, 3.8) is 0 Å². The number of ether oxygens (including phenoxy) is 1. The molecule has 0 saturated carbocycles. The first-order valence-electron chi connectivity index (χ1n) is 4.33. The van der Waals surface area contributed by atoms with Crippen LogP contribution in [0.5, 0.6) is 11.8 Å². The molecule has 0 aliphatic rings. The third-order valence-electron chi connectivity index (χ3n) is 1.65. The quantitative estimate of drug-likeness (QED) is 0.732. The lowest BCUT2D eigenvalue weighted by Gasteiger charge is -2.03. The van der Waals surface area contributed by atoms with E-state index in [2.05, 4.69) is 15.0 Å². The van der Waals surface area contributed by atoms with E-state index in [4.69, 9.17) is 16.3 Å². The van der Waals surface area contributed by atoms with Gasteiger partial charge in [-0.3, -0.25) is 4.98 Å². The average molecular weight is 222 g/mol. The summed E-state index contributed by atoms with van der Waals surface area (Å²) in [5.74, 6) is 0.583. The largest absolute Gasteiger partial charge is 0.423 e. The lowest BCUT2D eigenvalue weighted by molar-refractivity contribution is 0.438. The van der Waals surface area contributed by atoms with Gasteiger partial charge in [0.1, 0.15) is 10.9 Å². The Morgan fingerprint density at radius 1 is 1.33 bits per heavy atom. The van der Waals surface area contributed by atoms with E-state index in [9.17, 15) is 0 Å². The summed E-state index contributed by atoms with van der Waals surface area (Å²) in [6, 6.07) is 5.43. The van der Waals surface area contributed by atoms with Crippen LogP contribution in [0.2, 0.25) is 5.15 Å². The number of hydrogen-bond donors (Lipinski definition) is 0. The second-order valence-electron chi connectivity index (χ2n) is 2.91. The second-order valence-corrected chi connectivity index (χ2v) is 3.29. The van der Waals surface area contributed by atoms with E-state index in [0.717, 1.165) is 5.69 Å². The second kappa shape index (κ2) is 4.23. The minimum absolute atomic E-state index is 0.230. The minimum Gasteiger partial charge on any atom is -0.423 e. The van der Waals surface area contributed by atoms with E-state index >= 15 is 0 Å². The monoisotopic (exact) mass is 221 g/mol. The Balaban J connectivity index is 2.25. The number of hydrogen-bond acceptors (Lipinski definition) is 4. The highest BCUT2D eigenvalue weighted by molar-refractivity contribution is 6.29. The average Bonchev–Trinajstić information content (AvgIpc) is 2.17.